The van der Waals surface area contributed by atoms with Crippen LogP contribution < -0.4 is 15.0 Å². The highest BCUT2D eigenvalue weighted by molar-refractivity contribution is 5.80. The smallest absolute Gasteiger partial charge is 0.227 e. The molecule has 0 unspecified atom stereocenters. The van der Waals surface area contributed by atoms with Crippen molar-refractivity contribution >= 4 is 28.4 Å². The summed E-state index contributed by atoms with van der Waals surface area (Å²) >= 11 is 0. The first-order chi connectivity index (χ1) is 15.0. The second-order valence-corrected chi connectivity index (χ2v) is 7.59. The van der Waals surface area contributed by atoms with Gasteiger partial charge in [0.15, 0.2) is 17.4 Å². The Morgan fingerprint density at radius 3 is 2.84 bits per heavy atom. The van der Waals surface area contributed by atoms with Crippen LogP contribution in [0.1, 0.15) is 13.8 Å². The van der Waals surface area contributed by atoms with Crippen molar-refractivity contribution in [3.63, 3.8) is 0 Å². The fraction of sp³-hybridized carbons (Fsp3) is 0.227. The lowest BCUT2D eigenvalue weighted by atomic mass is 10.1. The van der Waals surface area contributed by atoms with Crippen LogP contribution in [0.2, 0.25) is 0 Å². The van der Waals surface area contributed by atoms with E-state index in [9.17, 15) is 8.78 Å². The van der Waals surface area contributed by atoms with Gasteiger partial charge in [0.2, 0.25) is 5.95 Å². The van der Waals surface area contributed by atoms with E-state index in [0.29, 0.717) is 30.1 Å². The number of anilines is 3. The van der Waals surface area contributed by atoms with Crippen molar-refractivity contribution in [1.82, 2.24) is 19.9 Å². The molecule has 5 rings (SSSR count). The van der Waals surface area contributed by atoms with Crippen molar-refractivity contribution in [3.8, 4) is 17.0 Å². The number of benzene rings is 2. The first kappa shape index (κ1) is 19.2. The van der Waals surface area contributed by atoms with Gasteiger partial charge in [-0.05, 0) is 44.2 Å². The lowest BCUT2D eigenvalue weighted by molar-refractivity contribution is 0.287. The molecule has 1 aliphatic heterocycles. The Labute approximate surface area is 177 Å². The van der Waals surface area contributed by atoms with Gasteiger partial charge in [-0.1, -0.05) is 0 Å². The van der Waals surface area contributed by atoms with Gasteiger partial charge < -0.3 is 19.9 Å². The number of fused-ring (bicyclic) bond motifs is 2. The number of imidazole rings is 1. The summed E-state index contributed by atoms with van der Waals surface area (Å²) in [7, 11) is 0. The van der Waals surface area contributed by atoms with Crippen molar-refractivity contribution in [2.75, 3.05) is 23.4 Å². The topological polar surface area (TPSA) is 79.0 Å². The fourth-order valence-corrected chi connectivity index (χ4v) is 3.75. The zero-order chi connectivity index (χ0) is 21.5. The third-order valence-corrected chi connectivity index (χ3v) is 5.23. The van der Waals surface area contributed by atoms with Crippen LogP contribution in [0.3, 0.4) is 0 Å². The van der Waals surface area contributed by atoms with E-state index in [4.69, 9.17) is 4.74 Å². The minimum Gasteiger partial charge on any atom is -0.486 e. The van der Waals surface area contributed by atoms with Gasteiger partial charge in [0.25, 0.3) is 0 Å². The third-order valence-electron chi connectivity index (χ3n) is 5.23. The van der Waals surface area contributed by atoms with E-state index in [1.807, 2.05) is 36.9 Å². The summed E-state index contributed by atoms with van der Waals surface area (Å²) in [6.07, 6.45) is 2.68. The number of aromatic amines is 1. The number of H-pyrrole nitrogens is 1. The van der Waals surface area contributed by atoms with E-state index >= 15 is 0 Å². The summed E-state index contributed by atoms with van der Waals surface area (Å²) in [5.74, 6) is -0.799. The molecule has 0 spiro atoms. The Kier molecular flexibility index (Phi) is 4.65. The number of rotatable bonds is 4. The molecule has 0 radical (unpaired) electrons. The average molecular weight is 422 g/mol. The quantitative estimate of drug-likeness (QED) is 0.499. The molecule has 7 nitrogen and oxygen atoms in total. The minimum atomic E-state index is -0.637. The predicted molar refractivity (Wildman–Crippen MR) is 115 cm³/mol. The third kappa shape index (κ3) is 3.52. The van der Waals surface area contributed by atoms with Crippen LogP contribution in [0.25, 0.3) is 22.3 Å². The first-order valence-electron chi connectivity index (χ1n) is 9.95. The van der Waals surface area contributed by atoms with Crippen molar-refractivity contribution in [2.45, 2.75) is 19.9 Å². The fourth-order valence-electron chi connectivity index (χ4n) is 3.75. The lowest BCUT2D eigenvalue weighted by Crippen LogP contribution is -2.38. The second kappa shape index (κ2) is 7.50. The molecule has 2 N–H and O–H groups in total. The van der Waals surface area contributed by atoms with Gasteiger partial charge in [-0.2, -0.15) is 0 Å². The second-order valence-electron chi connectivity index (χ2n) is 7.59. The summed E-state index contributed by atoms with van der Waals surface area (Å²) in [6, 6.07) is 8.62. The zero-order valence-electron chi connectivity index (χ0n) is 17.0. The molecule has 0 fully saturated rings. The molecule has 2 aromatic carbocycles. The number of ether oxygens (including phenoxy) is 1. The number of nitrogens with one attached hydrogen (secondary N) is 2. The molecule has 0 atom stereocenters. The monoisotopic (exact) mass is 422 g/mol. The molecule has 2 aromatic heterocycles. The molecule has 3 heterocycles. The number of nitrogens with zero attached hydrogens (tertiary/aromatic N) is 4. The van der Waals surface area contributed by atoms with Gasteiger partial charge in [-0.25, -0.2) is 23.7 Å². The maximum Gasteiger partial charge on any atom is 0.227 e. The zero-order valence-corrected chi connectivity index (χ0v) is 17.0. The molecule has 0 aliphatic carbocycles. The van der Waals surface area contributed by atoms with Gasteiger partial charge in [-0.15, -0.1) is 0 Å². The van der Waals surface area contributed by atoms with Crippen LogP contribution in [0, 0.1) is 11.6 Å². The van der Waals surface area contributed by atoms with E-state index in [2.05, 4.69) is 25.3 Å². The average Bonchev–Trinajstić information content (AvgIpc) is 3.22. The van der Waals surface area contributed by atoms with Gasteiger partial charge in [-0.3, -0.25) is 0 Å². The Balaban J connectivity index is 1.53. The number of hydrogen-bond donors (Lipinski definition) is 2. The molecule has 0 saturated carbocycles. The summed E-state index contributed by atoms with van der Waals surface area (Å²) in [4.78, 5) is 17.6. The highest BCUT2D eigenvalue weighted by Crippen LogP contribution is 2.39. The van der Waals surface area contributed by atoms with Crippen LogP contribution in [0.15, 0.2) is 42.9 Å². The Hall–Kier alpha value is -3.75. The SMILES string of the molecule is CC(C)N1CCOc2c(F)cc(-c3nc(Nc4ccc5nc[nH]c5c4)ncc3F)cc21. The Morgan fingerprint density at radius 1 is 1.13 bits per heavy atom. The van der Waals surface area contributed by atoms with Crippen molar-refractivity contribution in [3.05, 3.63) is 54.5 Å². The molecule has 31 heavy (non-hydrogen) atoms. The molecule has 0 bridgehead atoms. The van der Waals surface area contributed by atoms with Crippen molar-refractivity contribution in [2.24, 2.45) is 0 Å². The van der Waals surface area contributed by atoms with Crippen LogP contribution >= 0.6 is 0 Å². The molecule has 158 valence electrons. The van der Waals surface area contributed by atoms with Crippen LogP contribution in [0.4, 0.5) is 26.1 Å². The minimum absolute atomic E-state index is 0.0103. The van der Waals surface area contributed by atoms with Gasteiger partial charge in [0.05, 0.1) is 35.8 Å². The number of hydrogen-bond acceptors (Lipinski definition) is 6. The summed E-state index contributed by atoms with van der Waals surface area (Å²) in [5, 5.41) is 3.06. The summed E-state index contributed by atoms with van der Waals surface area (Å²) in [5.41, 5.74) is 3.31. The standard InChI is InChI=1S/C22H20F2N6O/c1-12(2)30-5-6-31-21-15(23)7-13(8-19(21)30)20-16(24)10-25-22(29-20)28-14-3-4-17-18(9-14)27-11-26-17/h3-4,7-12H,5-6H2,1-2H3,(H,26,27)(H,25,28,29). The molecular weight excluding hydrogens is 402 g/mol. The highest BCUT2D eigenvalue weighted by Gasteiger charge is 2.25. The van der Waals surface area contributed by atoms with E-state index < -0.39 is 11.6 Å². The molecular formula is C22H20F2N6O. The van der Waals surface area contributed by atoms with Crippen LogP contribution in [-0.4, -0.2) is 39.1 Å². The van der Waals surface area contributed by atoms with Crippen molar-refractivity contribution in [1.29, 1.82) is 0 Å². The van der Waals surface area contributed by atoms with Crippen molar-refractivity contribution < 1.29 is 13.5 Å². The van der Waals surface area contributed by atoms with Gasteiger partial charge >= 0.3 is 0 Å². The van der Waals surface area contributed by atoms with Gasteiger partial charge in [0, 0.05) is 17.3 Å². The largest absolute Gasteiger partial charge is 0.486 e. The molecule has 1 aliphatic rings. The highest BCUT2D eigenvalue weighted by atomic mass is 19.1. The predicted octanol–water partition coefficient (Wildman–Crippen LogP) is 4.65. The number of halogens is 2. The molecule has 9 heteroatoms. The maximum atomic E-state index is 14.8. The van der Waals surface area contributed by atoms with E-state index in [1.165, 1.54) is 6.07 Å². The first-order valence-corrected chi connectivity index (χ1v) is 9.95. The van der Waals surface area contributed by atoms with E-state index in [1.54, 1.807) is 12.4 Å². The molecule has 0 saturated heterocycles. The Morgan fingerprint density at radius 2 is 2.00 bits per heavy atom. The van der Waals surface area contributed by atoms with Crippen LogP contribution in [-0.2, 0) is 0 Å². The number of aromatic nitrogens is 4. The maximum absolute atomic E-state index is 14.8. The molecule has 0 amide bonds. The van der Waals surface area contributed by atoms with Crippen LogP contribution in [0.5, 0.6) is 5.75 Å². The van der Waals surface area contributed by atoms with Gasteiger partial charge in [0.1, 0.15) is 12.3 Å². The normalized spacial score (nSPS) is 13.4. The summed E-state index contributed by atoms with van der Waals surface area (Å²) < 4.78 is 35.0. The van der Waals surface area contributed by atoms with E-state index in [0.717, 1.165) is 17.2 Å². The molecule has 4 aromatic rings. The van der Waals surface area contributed by atoms with E-state index in [-0.39, 0.29) is 23.4 Å². The lowest BCUT2D eigenvalue weighted by Gasteiger charge is -2.34. The Bertz CT molecular complexity index is 1270. The summed E-state index contributed by atoms with van der Waals surface area (Å²) in [6.45, 7) is 5.06.